The lowest BCUT2D eigenvalue weighted by molar-refractivity contribution is 0.0857. The van der Waals surface area contributed by atoms with Gasteiger partial charge in [0.25, 0.3) is 0 Å². The van der Waals surface area contributed by atoms with Gasteiger partial charge in [0, 0.05) is 6.54 Å². The van der Waals surface area contributed by atoms with Gasteiger partial charge in [0.2, 0.25) is 0 Å². The first-order valence-corrected chi connectivity index (χ1v) is 7.60. The highest BCUT2D eigenvalue weighted by Crippen LogP contribution is 2.36. The van der Waals surface area contributed by atoms with Gasteiger partial charge in [0.15, 0.2) is 0 Å². The highest BCUT2D eigenvalue weighted by Gasteiger charge is 2.33. The quantitative estimate of drug-likeness (QED) is 0.880. The molecule has 1 aliphatic rings. The normalized spacial score (nSPS) is 19.8. The average molecular weight is 260 g/mol. The second kappa shape index (κ2) is 6.53. The van der Waals surface area contributed by atoms with Crippen molar-refractivity contribution in [1.82, 2.24) is 4.90 Å². The highest BCUT2D eigenvalue weighted by molar-refractivity contribution is 5.14. The topological polar surface area (TPSA) is 29.3 Å². The lowest BCUT2D eigenvalue weighted by Crippen LogP contribution is -2.44. The standard InChI is InChI=1S/C17H28N2/c1-15(2)12-17(14-18)8-10-19(11-9-17)13-16-6-4-3-5-7-16/h3-7,15H,8-14,18H2,1-2H3. The molecule has 0 radical (unpaired) electrons. The Kier molecular flexibility index (Phi) is 5.00. The van der Waals surface area contributed by atoms with Gasteiger partial charge >= 0.3 is 0 Å². The molecule has 1 aromatic carbocycles. The van der Waals surface area contributed by atoms with E-state index in [0.717, 1.165) is 19.0 Å². The summed E-state index contributed by atoms with van der Waals surface area (Å²) < 4.78 is 0. The van der Waals surface area contributed by atoms with E-state index in [-0.39, 0.29) is 0 Å². The van der Waals surface area contributed by atoms with E-state index < -0.39 is 0 Å². The van der Waals surface area contributed by atoms with Crippen LogP contribution in [0.1, 0.15) is 38.7 Å². The first-order chi connectivity index (χ1) is 9.13. The van der Waals surface area contributed by atoms with E-state index in [1.807, 2.05) is 0 Å². The first kappa shape index (κ1) is 14.5. The van der Waals surface area contributed by atoms with Crippen LogP contribution in [0.25, 0.3) is 0 Å². The molecule has 106 valence electrons. The number of nitrogens with two attached hydrogens (primary N) is 1. The van der Waals surface area contributed by atoms with Crippen molar-refractivity contribution in [1.29, 1.82) is 0 Å². The molecule has 0 saturated carbocycles. The van der Waals surface area contributed by atoms with Crippen LogP contribution >= 0.6 is 0 Å². The summed E-state index contributed by atoms with van der Waals surface area (Å²) in [5, 5.41) is 0. The van der Waals surface area contributed by atoms with Crippen molar-refractivity contribution in [2.45, 2.75) is 39.7 Å². The monoisotopic (exact) mass is 260 g/mol. The van der Waals surface area contributed by atoms with Gasteiger partial charge in [-0.15, -0.1) is 0 Å². The molecular formula is C17H28N2. The van der Waals surface area contributed by atoms with Gasteiger partial charge in [-0.25, -0.2) is 0 Å². The highest BCUT2D eigenvalue weighted by atomic mass is 15.1. The van der Waals surface area contributed by atoms with E-state index in [1.54, 1.807) is 0 Å². The SMILES string of the molecule is CC(C)CC1(CN)CCN(Cc2ccccc2)CC1. The number of nitrogens with zero attached hydrogens (tertiary/aromatic N) is 1. The van der Waals surface area contributed by atoms with Crippen molar-refractivity contribution in [3.05, 3.63) is 35.9 Å². The fourth-order valence-electron chi connectivity index (χ4n) is 3.38. The van der Waals surface area contributed by atoms with Crippen LogP contribution in [0.3, 0.4) is 0 Å². The summed E-state index contributed by atoms with van der Waals surface area (Å²) in [6.45, 7) is 8.95. The molecular weight excluding hydrogens is 232 g/mol. The van der Waals surface area contributed by atoms with E-state index in [1.165, 1.54) is 37.9 Å². The lowest BCUT2D eigenvalue weighted by Gasteiger charge is -2.42. The Morgan fingerprint density at radius 1 is 1.16 bits per heavy atom. The molecule has 1 aromatic rings. The first-order valence-electron chi connectivity index (χ1n) is 7.60. The van der Waals surface area contributed by atoms with Gasteiger partial charge in [0.1, 0.15) is 0 Å². The van der Waals surface area contributed by atoms with Crippen molar-refractivity contribution in [3.8, 4) is 0 Å². The maximum Gasteiger partial charge on any atom is 0.0233 e. The summed E-state index contributed by atoms with van der Waals surface area (Å²) >= 11 is 0. The Balaban J connectivity index is 1.88. The number of rotatable bonds is 5. The zero-order valence-electron chi connectivity index (χ0n) is 12.4. The summed E-state index contributed by atoms with van der Waals surface area (Å²) in [5.74, 6) is 0.754. The maximum atomic E-state index is 6.07. The average Bonchev–Trinajstić information content (AvgIpc) is 2.42. The fraction of sp³-hybridized carbons (Fsp3) is 0.647. The number of hydrogen-bond donors (Lipinski definition) is 1. The van der Waals surface area contributed by atoms with Crippen LogP contribution in [0, 0.1) is 11.3 Å². The molecule has 1 heterocycles. The number of piperidine rings is 1. The third kappa shape index (κ3) is 4.05. The molecule has 2 rings (SSSR count). The van der Waals surface area contributed by atoms with Gasteiger partial charge in [-0.05, 0) is 55.8 Å². The molecule has 0 spiro atoms. The molecule has 0 unspecified atom stereocenters. The van der Waals surface area contributed by atoms with Crippen molar-refractivity contribution < 1.29 is 0 Å². The van der Waals surface area contributed by atoms with E-state index >= 15 is 0 Å². The zero-order valence-corrected chi connectivity index (χ0v) is 12.4. The van der Waals surface area contributed by atoms with Crippen molar-refractivity contribution in [3.63, 3.8) is 0 Å². The molecule has 1 saturated heterocycles. The number of hydrogen-bond acceptors (Lipinski definition) is 2. The van der Waals surface area contributed by atoms with E-state index in [9.17, 15) is 0 Å². The van der Waals surface area contributed by atoms with Crippen LogP contribution in [0.15, 0.2) is 30.3 Å². The third-order valence-corrected chi connectivity index (χ3v) is 4.44. The summed E-state index contributed by atoms with van der Waals surface area (Å²) in [4.78, 5) is 2.57. The molecule has 0 bridgehead atoms. The predicted molar refractivity (Wildman–Crippen MR) is 81.9 cm³/mol. The summed E-state index contributed by atoms with van der Waals surface area (Å²) in [7, 11) is 0. The minimum Gasteiger partial charge on any atom is -0.330 e. The second-order valence-corrected chi connectivity index (χ2v) is 6.56. The lowest BCUT2D eigenvalue weighted by atomic mass is 9.73. The Bertz CT molecular complexity index is 364. The zero-order chi connectivity index (χ0) is 13.7. The fourth-order valence-corrected chi connectivity index (χ4v) is 3.38. The van der Waals surface area contributed by atoms with Crippen molar-refractivity contribution in [2.75, 3.05) is 19.6 Å². The maximum absolute atomic E-state index is 6.07. The smallest absolute Gasteiger partial charge is 0.0233 e. The minimum atomic E-state index is 0.404. The molecule has 2 heteroatoms. The van der Waals surface area contributed by atoms with Crippen LogP contribution in [-0.4, -0.2) is 24.5 Å². The van der Waals surface area contributed by atoms with Crippen LogP contribution in [0.5, 0.6) is 0 Å². The van der Waals surface area contributed by atoms with Crippen molar-refractivity contribution >= 4 is 0 Å². The molecule has 2 N–H and O–H groups in total. The second-order valence-electron chi connectivity index (χ2n) is 6.56. The molecule has 0 aromatic heterocycles. The third-order valence-electron chi connectivity index (χ3n) is 4.44. The summed E-state index contributed by atoms with van der Waals surface area (Å²) in [6, 6.07) is 10.8. The van der Waals surface area contributed by atoms with Gasteiger partial charge in [-0.3, -0.25) is 4.90 Å². The minimum absolute atomic E-state index is 0.404. The molecule has 19 heavy (non-hydrogen) atoms. The number of benzene rings is 1. The van der Waals surface area contributed by atoms with Crippen molar-refractivity contribution in [2.24, 2.45) is 17.1 Å². The summed E-state index contributed by atoms with van der Waals surface area (Å²) in [6.07, 6.45) is 3.80. The Morgan fingerprint density at radius 2 is 1.79 bits per heavy atom. The molecule has 2 nitrogen and oxygen atoms in total. The Labute approximate surface area is 118 Å². The van der Waals surface area contributed by atoms with Crippen LogP contribution in [0.4, 0.5) is 0 Å². The Hall–Kier alpha value is -0.860. The van der Waals surface area contributed by atoms with E-state index in [2.05, 4.69) is 49.1 Å². The van der Waals surface area contributed by atoms with Crippen LogP contribution < -0.4 is 5.73 Å². The molecule has 0 amide bonds. The molecule has 1 aliphatic heterocycles. The molecule has 0 atom stereocenters. The van der Waals surface area contributed by atoms with Gasteiger partial charge < -0.3 is 5.73 Å². The van der Waals surface area contributed by atoms with Crippen LogP contribution in [0.2, 0.25) is 0 Å². The summed E-state index contributed by atoms with van der Waals surface area (Å²) in [5.41, 5.74) is 7.89. The van der Waals surface area contributed by atoms with Gasteiger partial charge in [-0.2, -0.15) is 0 Å². The number of likely N-dealkylation sites (tertiary alicyclic amines) is 1. The Morgan fingerprint density at radius 3 is 2.32 bits per heavy atom. The molecule has 1 fully saturated rings. The predicted octanol–water partition coefficient (Wildman–Crippen LogP) is 3.27. The van der Waals surface area contributed by atoms with Gasteiger partial charge in [-0.1, -0.05) is 44.2 Å². The van der Waals surface area contributed by atoms with Gasteiger partial charge in [0.05, 0.1) is 0 Å². The van der Waals surface area contributed by atoms with Crippen LogP contribution in [-0.2, 0) is 6.54 Å². The largest absolute Gasteiger partial charge is 0.330 e. The van der Waals surface area contributed by atoms with E-state index in [4.69, 9.17) is 5.73 Å². The molecule has 0 aliphatic carbocycles. The van der Waals surface area contributed by atoms with E-state index in [0.29, 0.717) is 5.41 Å².